The molecule has 0 saturated heterocycles. The summed E-state index contributed by atoms with van der Waals surface area (Å²) in [5.74, 6) is -1.38. The standard InChI is InChI=1S/C16H14FNO4/c1-22-11-5-6-13(19)10(7-11)8-18-9-15(21)16-12(17)3-2-4-14(16)20/h2-8,19-20H,9H2,1H3. The zero-order valence-electron chi connectivity index (χ0n) is 11.8. The van der Waals surface area contributed by atoms with Crippen molar-refractivity contribution < 1.29 is 24.1 Å². The summed E-state index contributed by atoms with van der Waals surface area (Å²) in [6, 6.07) is 8.18. The van der Waals surface area contributed by atoms with Gasteiger partial charge in [-0.2, -0.15) is 0 Å². The van der Waals surface area contributed by atoms with E-state index in [1.165, 1.54) is 31.5 Å². The largest absolute Gasteiger partial charge is 0.507 e. The fraction of sp³-hybridized carbons (Fsp3) is 0.125. The number of methoxy groups -OCH3 is 1. The second-order valence-corrected chi connectivity index (χ2v) is 4.45. The minimum absolute atomic E-state index is 0.0225. The van der Waals surface area contributed by atoms with Crippen LogP contribution < -0.4 is 4.74 Å². The highest BCUT2D eigenvalue weighted by molar-refractivity contribution is 6.01. The van der Waals surface area contributed by atoms with E-state index in [0.717, 1.165) is 6.07 Å². The molecule has 0 amide bonds. The van der Waals surface area contributed by atoms with Crippen LogP contribution in [0.1, 0.15) is 15.9 Å². The lowest BCUT2D eigenvalue weighted by Crippen LogP contribution is -2.07. The van der Waals surface area contributed by atoms with E-state index in [1.807, 2.05) is 0 Å². The molecule has 0 bridgehead atoms. The van der Waals surface area contributed by atoms with Crippen molar-refractivity contribution in [3.63, 3.8) is 0 Å². The van der Waals surface area contributed by atoms with Crippen LogP contribution in [0.15, 0.2) is 41.4 Å². The molecule has 2 aromatic rings. The van der Waals surface area contributed by atoms with Gasteiger partial charge < -0.3 is 14.9 Å². The Hall–Kier alpha value is -2.89. The summed E-state index contributed by atoms with van der Waals surface area (Å²) in [5, 5.41) is 19.2. The van der Waals surface area contributed by atoms with Crippen molar-refractivity contribution in [3.05, 3.63) is 53.3 Å². The minimum Gasteiger partial charge on any atom is -0.507 e. The second kappa shape index (κ2) is 6.71. The first-order valence-corrected chi connectivity index (χ1v) is 6.40. The monoisotopic (exact) mass is 303 g/mol. The smallest absolute Gasteiger partial charge is 0.190 e. The van der Waals surface area contributed by atoms with Crippen molar-refractivity contribution in [1.29, 1.82) is 0 Å². The molecule has 6 heteroatoms. The Kier molecular flexibility index (Phi) is 4.73. The molecule has 2 N–H and O–H groups in total. The van der Waals surface area contributed by atoms with Gasteiger partial charge in [-0.15, -0.1) is 0 Å². The molecule has 0 saturated carbocycles. The van der Waals surface area contributed by atoms with E-state index in [4.69, 9.17) is 4.74 Å². The number of ether oxygens (including phenoxy) is 1. The summed E-state index contributed by atoms with van der Waals surface area (Å²) in [7, 11) is 1.48. The van der Waals surface area contributed by atoms with E-state index in [1.54, 1.807) is 12.1 Å². The lowest BCUT2D eigenvalue weighted by atomic mass is 10.1. The number of carbonyl (C=O) groups is 1. The van der Waals surface area contributed by atoms with Crippen molar-refractivity contribution in [2.24, 2.45) is 4.99 Å². The van der Waals surface area contributed by atoms with Gasteiger partial charge in [0.2, 0.25) is 0 Å². The van der Waals surface area contributed by atoms with Crippen molar-refractivity contribution in [2.75, 3.05) is 13.7 Å². The minimum atomic E-state index is -0.801. The summed E-state index contributed by atoms with van der Waals surface area (Å²) in [5.41, 5.74) is -0.0283. The van der Waals surface area contributed by atoms with Crippen LogP contribution in [0.5, 0.6) is 17.2 Å². The topological polar surface area (TPSA) is 79.1 Å². The van der Waals surface area contributed by atoms with Crippen LogP contribution in [0, 0.1) is 5.82 Å². The Morgan fingerprint density at radius 2 is 2.05 bits per heavy atom. The Labute approximate surface area is 126 Å². The summed E-state index contributed by atoms with van der Waals surface area (Å²) in [4.78, 5) is 15.8. The first kappa shape index (κ1) is 15.5. The summed E-state index contributed by atoms with van der Waals surface area (Å²) in [6.45, 7) is -0.356. The van der Waals surface area contributed by atoms with Gasteiger partial charge in [0.15, 0.2) is 5.78 Å². The van der Waals surface area contributed by atoms with Crippen LogP contribution >= 0.6 is 0 Å². The Morgan fingerprint density at radius 1 is 1.27 bits per heavy atom. The van der Waals surface area contributed by atoms with E-state index < -0.39 is 22.9 Å². The van der Waals surface area contributed by atoms with Crippen molar-refractivity contribution in [2.45, 2.75) is 0 Å². The molecule has 22 heavy (non-hydrogen) atoms. The zero-order chi connectivity index (χ0) is 16.1. The number of carbonyl (C=O) groups excluding carboxylic acids is 1. The van der Waals surface area contributed by atoms with Gasteiger partial charge in [0.1, 0.15) is 29.6 Å². The molecule has 2 rings (SSSR count). The molecule has 0 radical (unpaired) electrons. The van der Waals surface area contributed by atoms with Crippen molar-refractivity contribution in [3.8, 4) is 17.2 Å². The molecule has 0 spiro atoms. The number of aromatic hydroxyl groups is 2. The van der Waals surface area contributed by atoms with E-state index in [-0.39, 0.29) is 12.3 Å². The van der Waals surface area contributed by atoms with Crippen LogP contribution in [-0.4, -0.2) is 35.9 Å². The molecule has 0 fully saturated rings. The number of hydrogen-bond acceptors (Lipinski definition) is 5. The number of halogens is 1. The number of phenols is 2. The number of nitrogens with zero attached hydrogens (tertiary/aromatic N) is 1. The Morgan fingerprint density at radius 3 is 2.73 bits per heavy atom. The molecule has 114 valence electrons. The maximum absolute atomic E-state index is 13.5. The number of hydrogen-bond donors (Lipinski definition) is 2. The molecule has 0 unspecified atom stereocenters. The number of phenolic OH excluding ortho intramolecular Hbond substituents is 2. The van der Waals surface area contributed by atoms with Gasteiger partial charge in [-0.1, -0.05) is 6.07 Å². The fourth-order valence-corrected chi connectivity index (χ4v) is 1.86. The summed E-state index contributed by atoms with van der Waals surface area (Å²) < 4.78 is 18.5. The molecular formula is C16H14FNO4. The third kappa shape index (κ3) is 3.41. The first-order chi connectivity index (χ1) is 10.5. The molecule has 2 aromatic carbocycles. The number of benzene rings is 2. The molecule has 0 aliphatic rings. The average molecular weight is 303 g/mol. The van der Waals surface area contributed by atoms with E-state index in [0.29, 0.717) is 11.3 Å². The third-order valence-corrected chi connectivity index (χ3v) is 2.97. The number of Topliss-reactive ketones (excluding diaryl/α,β-unsaturated/α-hetero) is 1. The van der Waals surface area contributed by atoms with Gasteiger partial charge in [0, 0.05) is 11.8 Å². The zero-order valence-corrected chi connectivity index (χ0v) is 11.8. The highest BCUT2D eigenvalue weighted by Gasteiger charge is 2.15. The van der Waals surface area contributed by atoms with Gasteiger partial charge in [-0.3, -0.25) is 9.79 Å². The SMILES string of the molecule is COc1ccc(O)c(C=NCC(=O)c2c(O)cccc2F)c1. The number of rotatable bonds is 5. The number of aliphatic imine (C=N–C) groups is 1. The van der Waals surface area contributed by atoms with E-state index in [9.17, 15) is 19.4 Å². The lowest BCUT2D eigenvalue weighted by Gasteiger charge is -2.04. The van der Waals surface area contributed by atoms with E-state index in [2.05, 4.69) is 4.99 Å². The van der Waals surface area contributed by atoms with Crippen LogP contribution in [0.4, 0.5) is 4.39 Å². The normalized spacial score (nSPS) is 10.8. The molecular weight excluding hydrogens is 289 g/mol. The van der Waals surface area contributed by atoms with Gasteiger partial charge >= 0.3 is 0 Å². The maximum Gasteiger partial charge on any atom is 0.190 e. The van der Waals surface area contributed by atoms with Gasteiger partial charge in [-0.05, 0) is 30.3 Å². The Bertz CT molecular complexity index is 708. The molecule has 0 heterocycles. The van der Waals surface area contributed by atoms with E-state index >= 15 is 0 Å². The summed E-state index contributed by atoms with van der Waals surface area (Å²) >= 11 is 0. The van der Waals surface area contributed by atoms with Crippen LogP contribution in [-0.2, 0) is 0 Å². The molecule has 0 aliphatic carbocycles. The van der Waals surface area contributed by atoms with Gasteiger partial charge in [-0.25, -0.2) is 4.39 Å². The quantitative estimate of drug-likeness (QED) is 0.657. The highest BCUT2D eigenvalue weighted by atomic mass is 19.1. The Balaban J connectivity index is 2.14. The molecule has 0 aromatic heterocycles. The van der Waals surface area contributed by atoms with Crippen LogP contribution in [0.2, 0.25) is 0 Å². The molecule has 5 nitrogen and oxygen atoms in total. The maximum atomic E-state index is 13.5. The number of ketones is 1. The molecule has 0 atom stereocenters. The lowest BCUT2D eigenvalue weighted by molar-refractivity contribution is 0.0995. The highest BCUT2D eigenvalue weighted by Crippen LogP contribution is 2.22. The third-order valence-electron chi connectivity index (χ3n) is 2.97. The van der Waals surface area contributed by atoms with Crippen LogP contribution in [0.25, 0.3) is 0 Å². The predicted octanol–water partition coefficient (Wildman–Crippen LogP) is 2.55. The van der Waals surface area contributed by atoms with Crippen molar-refractivity contribution >= 4 is 12.0 Å². The predicted molar refractivity (Wildman–Crippen MR) is 79.5 cm³/mol. The first-order valence-electron chi connectivity index (χ1n) is 6.40. The summed E-state index contributed by atoms with van der Waals surface area (Å²) in [6.07, 6.45) is 1.29. The molecule has 0 aliphatic heterocycles. The average Bonchev–Trinajstić information content (AvgIpc) is 2.49. The van der Waals surface area contributed by atoms with Gasteiger partial charge in [0.05, 0.1) is 12.7 Å². The van der Waals surface area contributed by atoms with Gasteiger partial charge in [0.25, 0.3) is 0 Å². The fourth-order valence-electron chi connectivity index (χ4n) is 1.86. The second-order valence-electron chi connectivity index (χ2n) is 4.45. The van der Waals surface area contributed by atoms with Crippen molar-refractivity contribution in [1.82, 2.24) is 0 Å². The van der Waals surface area contributed by atoms with Crippen LogP contribution in [0.3, 0.4) is 0 Å².